The molecule has 0 N–H and O–H groups in total. The quantitative estimate of drug-likeness (QED) is 0.369. The standard InChI is InChI=1S/C10H9BrClNO4/c1-5-7(12)3-6(8(14)4-11)10(17-2)9(5)13(15)16/h3H,4H2,1-2H3. The monoisotopic (exact) mass is 321 g/mol. The number of alkyl halides is 1. The molecular weight excluding hydrogens is 313 g/mol. The van der Waals surface area contributed by atoms with Crippen LogP contribution in [0, 0.1) is 17.0 Å². The Bertz CT molecular complexity index is 490. The molecule has 0 spiro atoms. The number of ether oxygens (including phenoxy) is 1. The average Bonchev–Trinajstić information content (AvgIpc) is 2.30. The van der Waals surface area contributed by atoms with E-state index in [9.17, 15) is 14.9 Å². The predicted octanol–water partition coefficient (Wildman–Crippen LogP) is 3.14. The number of ketones is 1. The van der Waals surface area contributed by atoms with Crippen LogP contribution < -0.4 is 4.74 Å². The van der Waals surface area contributed by atoms with Crippen LogP contribution in [0.2, 0.25) is 5.02 Å². The van der Waals surface area contributed by atoms with Gasteiger partial charge < -0.3 is 4.74 Å². The molecule has 5 nitrogen and oxygen atoms in total. The van der Waals surface area contributed by atoms with Crippen molar-refractivity contribution in [2.75, 3.05) is 12.4 Å². The SMILES string of the molecule is COc1c(C(=O)CBr)cc(Cl)c(C)c1[N+](=O)[O-]. The Morgan fingerprint density at radius 2 is 2.24 bits per heavy atom. The van der Waals surface area contributed by atoms with Gasteiger partial charge in [0.25, 0.3) is 0 Å². The van der Waals surface area contributed by atoms with Gasteiger partial charge in [-0.2, -0.15) is 0 Å². The normalized spacial score (nSPS) is 10.1. The van der Waals surface area contributed by atoms with E-state index < -0.39 is 4.92 Å². The van der Waals surface area contributed by atoms with E-state index in [1.54, 1.807) is 0 Å². The first-order valence-corrected chi connectivity index (χ1v) is 6.04. The summed E-state index contributed by atoms with van der Waals surface area (Å²) in [5, 5.41) is 11.2. The minimum atomic E-state index is -0.606. The van der Waals surface area contributed by atoms with Crippen molar-refractivity contribution in [1.82, 2.24) is 0 Å². The molecule has 0 aliphatic heterocycles. The summed E-state index contributed by atoms with van der Waals surface area (Å²) >= 11 is 8.87. The fraction of sp³-hybridized carbons (Fsp3) is 0.300. The largest absolute Gasteiger partial charge is 0.490 e. The van der Waals surface area contributed by atoms with Crippen LogP contribution in [-0.2, 0) is 0 Å². The molecule has 1 rings (SSSR count). The zero-order chi connectivity index (χ0) is 13.2. The number of carbonyl (C=O) groups is 1. The molecule has 0 amide bonds. The second kappa shape index (κ2) is 5.46. The Hall–Kier alpha value is -1.14. The van der Waals surface area contributed by atoms with Crippen molar-refractivity contribution >= 4 is 39.0 Å². The van der Waals surface area contributed by atoms with Gasteiger partial charge in [0.15, 0.2) is 5.78 Å². The molecular formula is C10H9BrClNO4. The molecule has 0 heterocycles. The Kier molecular flexibility index (Phi) is 4.47. The minimum absolute atomic E-state index is 0.0416. The topological polar surface area (TPSA) is 69.4 Å². The molecule has 0 bridgehead atoms. The van der Waals surface area contributed by atoms with Crippen LogP contribution in [0.1, 0.15) is 15.9 Å². The van der Waals surface area contributed by atoms with Crippen LogP contribution in [0.15, 0.2) is 6.07 Å². The first-order valence-electron chi connectivity index (χ1n) is 4.54. The number of nitro benzene ring substituents is 1. The van der Waals surface area contributed by atoms with Crippen LogP contribution in [0.3, 0.4) is 0 Å². The van der Waals surface area contributed by atoms with Crippen LogP contribution in [-0.4, -0.2) is 23.1 Å². The summed E-state index contributed by atoms with van der Waals surface area (Å²) in [4.78, 5) is 22.0. The molecule has 0 saturated carbocycles. The van der Waals surface area contributed by atoms with E-state index in [1.807, 2.05) is 0 Å². The summed E-state index contributed by atoms with van der Waals surface area (Å²) in [6, 6.07) is 1.38. The number of carbonyl (C=O) groups excluding carboxylic acids is 1. The molecule has 0 aromatic heterocycles. The Balaban J connectivity index is 3.63. The van der Waals surface area contributed by atoms with Gasteiger partial charge in [0.1, 0.15) is 0 Å². The van der Waals surface area contributed by atoms with E-state index in [0.717, 1.165) is 0 Å². The highest BCUT2D eigenvalue weighted by Gasteiger charge is 2.27. The first kappa shape index (κ1) is 13.9. The van der Waals surface area contributed by atoms with E-state index in [4.69, 9.17) is 16.3 Å². The highest BCUT2D eigenvalue weighted by molar-refractivity contribution is 9.09. The Morgan fingerprint density at radius 3 is 2.65 bits per heavy atom. The second-order valence-electron chi connectivity index (χ2n) is 3.23. The van der Waals surface area contributed by atoms with Crippen LogP contribution in [0.5, 0.6) is 5.75 Å². The summed E-state index contributed by atoms with van der Waals surface area (Å²) in [6.45, 7) is 1.51. The fourth-order valence-corrected chi connectivity index (χ4v) is 1.92. The summed E-state index contributed by atoms with van der Waals surface area (Å²) < 4.78 is 4.95. The van der Waals surface area contributed by atoms with Crippen molar-refractivity contribution in [1.29, 1.82) is 0 Å². The minimum Gasteiger partial charge on any atom is -0.490 e. The summed E-state index contributed by atoms with van der Waals surface area (Å²) in [5.74, 6) is -0.381. The number of methoxy groups -OCH3 is 1. The number of hydrogen-bond donors (Lipinski definition) is 0. The van der Waals surface area contributed by atoms with E-state index >= 15 is 0 Å². The number of Topliss-reactive ketones (excluding diaryl/α,β-unsaturated/α-hetero) is 1. The van der Waals surface area contributed by atoms with Gasteiger partial charge in [0, 0.05) is 5.56 Å². The maximum Gasteiger partial charge on any atom is 0.316 e. The molecule has 0 radical (unpaired) electrons. The lowest BCUT2D eigenvalue weighted by Gasteiger charge is -2.10. The van der Waals surface area contributed by atoms with Gasteiger partial charge >= 0.3 is 5.69 Å². The first-order chi connectivity index (χ1) is 7.93. The maximum absolute atomic E-state index is 11.6. The zero-order valence-electron chi connectivity index (χ0n) is 9.12. The third-order valence-electron chi connectivity index (χ3n) is 2.25. The van der Waals surface area contributed by atoms with Gasteiger partial charge in [-0.05, 0) is 13.0 Å². The lowest BCUT2D eigenvalue weighted by molar-refractivity contribution is -0.386. The fourth-order valence-electron chi connectivity index (χ4n) is 1.42. The van der Waals surface area contributed by atoms with Gasteiger partial charge in [-0.1, -0.05) is 27.5 Å². The molecule has 0 unspecified atom stereocenters. The van der Waals surface area contributed by atoms with Gasteiger partial charge in [-0.15, -0.1) is 0 Å². The lowest BCUT2D eigenvalue weighted by Crippen LogP contribution is -2.07. The number of halogens is 2. The Morgan fingerprint density at radius 1 is 1.65 bits per heavy atom. The molecule has 17 heavy (non-hydrogen) atoms. The van der Waals surface area contributed by atoms with E-state index in [1.165, 1.54) is 20.1 Å². The van der Waals surface area contributed by atoms with Crippen LogP contribution in [0.25, 0.3) is 0 Å². The van der Waals surface area contributed by atoms with Crippen molar-refractivity contribution in [3.05, 3.63) is 32.3 Å². The molecule has 0 aliphatic carbocycles. The summed E-state index contributed by atoms with van der Waals surface area (Å²) in [6.07, 6.45) is 0. The predicted molar refractivity (Wildman–Crippen MR) is 67.5 cm³/mol. The molecule has 7 heteroatoms. The van der Waals surface area contributed by atoms with Crippen molar-refractivity contribution in [3.63, 3.8) is 0 Å². The summed E-state index contributed by atoms with van der Waals surface area (Å²) in [5.41, 5.74) is 0.107. The van der Waals surface area contributed by atoms with Gasteiger partial charge in [0.2, 0.25) is 5.75 Å². The molecule has 0 saturated heterocycles. The summed E-state index contributed by atoms with van der Waals surface area (Å²) in [7, 11) is 1.28. The Labute approximate surface area is 111 Å². The van der Waals surface area contributed by atoms with E-state index in [0.29, 0.717) is 0 Å². The maximum atomic E-state index is 11.6. The number of nitrogens with zero attached hydrogens (tertiary/aromatic N) is 1. The molecule has 0 aliphatic rings. The highest BCUT2D eigenvalue weighted by atomic mass is 79.9. The van der Waals surface area contributed by atoms with E-state index in [2.05, 4.69) is 15.9 Å². The highest BCUT2D eigenvalue weighted by Crippen LogP contribution is 2.38. The smallest absolute Gasteiger partial charge is 0.316 e. The molecule has 0 fully saturated rings. The van der Waals surface area contributed by atoms with Gasteiger partial charge in [-0.3, -0.25) is 14.9 Å². The zero-order valence-corrected chi connectivity index (χ0v) is 11.5. The molecule has 1 aromatic carbocycles. The van der Waals surface area contributed by atoms with Crippen molar-refractivity contribution in [3.8, 4) is 5.75 Å². The average molecular weight is 323 g/mol. The van der Waals surface area contributed by atoms with Crippen LogP contribution >= 0.6 is 27.5 Å². The van der Waals surface area contributed by atoms with Crippen molar-refractivity contribution < 1.29 is 14.5 Å². The van der Waals surface area contributed by atoms with Gasteiger partial charge in [-0.25, -0.2) is 0 Å². The third-order valence-corrected chi connectivity index (χ3v) is 3.15. The lowest BCUT2D eigenvalue weighted by atomic mass is 10.1. The molecule has 1 aromatic rings. The number of benzene rings is 1. The third kappa shape index (κ3) is 2.58. The number of nitro groups is 1. The number of rotatable bonds is 4. The van der Waals surface area contributed by atoms with E-state index in [-0.39, 0.29) is 38.7 Å². The molecule has 0 atom stereocenters. The molecule has 92 valence electrons. The van der Waals surface area contributed by atoms with Crippen LogP contribution in [0.4, 0.5) is 5.69 Å². The number of hydrogen-bond acceptors (Lipinski definition) is 4. The van der Waals surface area contributed by atoms with Crippen molar-refractivity contribution in [2.45, 2.75) is 6.92 Å². The van der Waals surface area contributed by atoms with Crippen molar-refractivity contribution in [2.24, 2.45) is 0 Å². The van der Waals surface area contributed by atoms with Gasteiger partial charge in [0.05, 0.1) is 27.9 Å². The second-order valence-corrected chi connectivity index (χ2v) is 4.19.